The Labute approximate surface area is 185 Å². The summed E-state index contributed by atoms with van der Waals surface area (Å²) in [4.78, 5) is 21.3. The van der Waals surface area contributed by atoms with Crippen molar-refractivity contribution in [3.05, 3.63) is 57.9 Å². The molecule has 1 N–H and O–H groups in total. The van der Waals surface area contributed by atoms with Crippen LogP contribution in [0, 0.1) is 27.7 Å². The van der Waals surface area contributed by atoms with Crippen LogP contribution in [0.5, 0.6) is 11.5 Å². The van der Waals surface area contributed by atoms with Crippen molar-refractivity contribution in [2.75, 3.05) is 19.0 Å². The van der Waals surface area contributed by atoms with E-state index in [9.17, 15) is 4.79 Å². The second-order valence-electron chi connectivity index (χ2n) is 6.98. The summed E-state index contributed by atoms with van der Waals surface area (Å²) < 4.78 is 12.1. The van der Waals surface area contributed by atoms with Gasteiger partial charge in [0.1, 0.15) is 4.34 Å². The second kappa shape index (κ2) is 9.95. The number of thiazole rings is 1. The Kier molecular flexibility index (Phi) is 7.33. The van der Waals surface area contributed by atoms with E-state index in [1.807, 2.05) is 51.3 Å². The van der Waals surface area contributed by atoms with E-state index in [1.165, 1.54) is 5.56 Å². The number of hydrogen-bond donors (Lipinski definition) is 1. The summed E-state index contributed by atoms with van der Waals surface area (Å²) in [6.45, 7) is 7.86. The first kappa shape index (κ1) is 22.1. The summed E-state index contributed by atoms with van der Waals surface area (Å²) in [7, 11) is 1.55. The molecule has 2 heterocycles. The molecule has 0 atom stereocenters. The number of carbonyl (C=O) groups is 1. The minimum atomic E-state index is -0.224. The molecule has 1 amide bonds. The fourth-order valence-electron chi connectivity index (χ4n) is 3.04. The summed E-state index contributed by atoms with van der Waals surface area (Å²) in [6.07, 6.45) is 1.62. The van der Waals surface area contributed by atoms with E-state index in [0.29, 0.717) is 17.3 Å². The normalized spacial score (nSPS) is 10.7. The second-order valence-corrected chi connectivity index (χ2v) is 9.06. The van der Waals surface area contributed by atoms with Gasteiger partial charge in [-0.3, -0.25) is 9.78 Å². The van der Waals surface area contributed by atoms with Crippen LogP contribution in [0.25, 0.3) is 0 Å². The minimum Gasteiger partial charge on any atom is -0.491 e. The van der Waals surface area contributed by atoms with Crippen molar-refractivity contribution in [1.29, 1.82) is 0 Å². The molecule has 0 fully saturated rings. The number of ether oxygens (including phenoxy) is 2. The Hall–Kier alpha value is -2.58. The first-order valence-electron chi connectivity index (χ1n) is 9.44. The Balaban J connectivity index is 1.64. The van der Waals surface area contributed by atoms with E-state index in [4.69, 9.17) is 9.47 Å². The molecule has 0 aliphatic heterocycles. The Morgan fingerprint density at radius 1 is 1.13 bits per heavy atom. The van der Waals surface area contributed by atoms with Gasteiger partial charge in [-0.05, 0) is 38.8 Å². The summed E-state index contributed by atoms with van der Waals surface area (Å²) in [5.74, 6) is 1.41. The smallest absolute Gasteiger partial charge is 0.262 e. The molecule has 0 radical (unpaired) electrons. The van der Waals surface area contributed by atoms with Gasteiger partial charge >= 0.3 is 0 Å². The van der Waals surface area contributed by atoms with Crippen molar-refractivity contribution in [3.63, 3.8) is 0 Å². The van der Waals surface area contributed by atoms with Crippen molar-refractivity contribution in [2.45, 2.75) is 37.8 Å². The number of nitrogens with one attached hydrogen (secondary N) is 1. The number of methoxy groups -OCH3 is 1. The maximum atomic E-state index is 12.5. The lowest BCUT2D eigenvalue weighted by atomic mass is 10.1. The van der Waals surface area contributed by atoms with Gasteiger partial charge in [0.25, 0.3) is 5.91 Å². The first-order chi connectivity index (χ1) is 14.4. The number of amides is 1. The van der Waals surface area contributed by atoms with E-state index in [0.717, 1.165) is 32.5 Å². The van der Waals surface area contributed by atoms with E-state index in [2.05, 4.69) is 15.3 Å². The molecule has 30 heavy (non-hydrogen) atoms. The molecule has 6 nitrogen and oxygen atoms in total. The van der Waals surface area contributed by atoms with Crippen LogP contribution < -0.4 is 14.8 Å². The van der Waals surface area contributed by atoms with Crippen LogP contribution in [-0.2, 0) is 10.5 Å². The number of pyridine rings is 1. The lowest BCUT2D eigenvalue weighted by Gasteiger charge is -2.14. The van der Waals surface area contributed by atoms with Gasteiger partial charge in [0.15, 0.2) is 18.1 Å². The summed E-state index contributed by atoms with van der Waals surface area (Å²) in [6, 6.07) is 5.90. The number of benzene rings is 1. The van der Waals surface area contributed by atoms with Crippen molar-refractivity contribution < 1.29 is 14.3 Å². The highest BCUT2D eigenvalue weighted by atomic mass is 32.2. The predicted molar refractivity (Wildman–Crippen MR) is 122 cm³/mol. The molecule has 0 spiro atoms. The fraction of sp³-hybridized carbons (Fsp3) is 0.318. The molecule has 3 aromatic rings. The van der Waals surface area contributed by atoms with E-state index in [1.54, 1.807) is 36.4 Å². The molecule has 1 aromatic carbocycles. The van der Waals surface area contributed by atoms with Crippen LogP contribution in [0.1, 0.15) is 28.1 Å². The van der Waals surface area contributed by atoms with Crippen LogP contribution in [0.2, 0.25) is 0 Å². The standard InChI is InChI=1S/C22H25N3O3S2/c1-13-6-14(2)21(15(3)7-13)25-20(26)10-28-18-8-17(23-9-19(18)27-5)12-30-22-24-16(4)11-29-22/h6-9,11H,10,12H2,1-5H3,(H,25,26). The first-order valence-corrected chi connectivity index (χ1v) is 11.3. The number of aryl methyl sites for hydroxylation is 4. The lowest BCUT2D eigenvalue weighted by Crippen LogP contribution is -2.21. The summed E-state index contributed by atoms with van der Waals surface area (Å²) in [5, 5.41) is 4.97. The van der Waals surface area contributed by atoms with Gasteiger partial charge in [-0.25, -0.2) is 4.98 Å². The van der Waals surface area contributed by atoms with E-state index in [-0.39, 0.29) is 12.5 Å². The number of carbonyl (C=O) groups excluding carboxylic acids is 1. The zero-order chi connectivity index (χ0) is 21.7. The zero-order valence-corrected chi connectivity index (χ0v) is 19.4. The molecule has 0 aliphatic carbocycles. The average molecular weight is 444 g/mol. The van der Waals surface area contributed by atoms with Crippen LogP contribution in [0.3, 0.4) is 0 Å². The molecule has 0 saturated carbocycles. The van der Waals surface area contributed by atoms with Gasteiger partial charge in [-0.15, -0.1) is 11.3 Å². The van der Waals surface area contributed by atoms with Gasteiger partial charge in [0.05, 0.1) is 19.0 Å². The third-order valence-corrected chi connectivity index (χ3v) is 6.52. The third-order valence-electron chi connectivity index (χ3n) is 4.35. The fourth-order valence-corrected chi connectivity index (χ4v) is 4.79. The number of aromatic nitrogens is 2. The topological polar surface area (TPSA) is 73.3 Å². The van der Waals surface area contributed by atoms with Crippen LogP contribution in [-0.4, -0.2) is 29.6 Å². The van der Waals surface area contributed by atoms with E-state index < -0.39 is 0 Å². The van der Waals surface area contributed by atoms with Crippen molar-refractivity contribution in [3.8, 4) is 11.5 Å². The van der Waals surface area contributed by atoms with Gasteiger partial charge in [0.2, 0.25) is 0 Å². The molecule has 3 rings (SSSR count). The van der Waals surface area contributed by atoms with Crippen molar-refractivity contribution in [2.24, 2.45) is 0 Å². The number of anilines is 1. The predicted octanol–water partition coefficient (Wildman–Crippen LogP) is 5.09. The molecular weight excluding hydrogens is 418 g/mol. The largest absolute Gasteiger partial charge is 0.491 e. The molecular formula is C22H25N3O3S2. The number of hydrogen-bond acceptors (Lipinski definition) is 7. The molecule has 0 saturated heterocycles. The van der Waals surface area contributed by atoms with Crippen molar-refractivity contribution >= 4 is 34.7 Å². The third kappa shape index (κ3) is 5.73. The quantitative estimate of drug-likeness (QED) is 0.489. The van der Waals surface area contributed by atoms with Crippen LogP contribution in [0.4, 0.5) is 5.69 Å². The zero-order valence-electron chi connectivity index (χ0n) is 17.7. The Bertz CT molecular complexity index is 1030. The van der Waals surface area contributed by atoms with Gasteiger partial charge in [-0.1, -0.05) is 29.5 Å². The average Bonchev–Trinajstić information content (AvgIpc) is 3.12. The highest BCUT2D eigenvalue weighted by Crippen LogP contribution is 2.30. The molecule has 158 valence electrons. The maximum Gasteiger partial charge on any atom is 0.262 e. The van der Waals surface area contributed by atoms with Gasteiger partial charge in [-0.2, -0.15) is 0 Å². The number of nitrogens with zero attached hydrogens (tertiary/aromatic N) is 2. The molecule has 0 aliphatic rings. The SMILES string of the molecule is COc1cnc(CSc2nc(C)cs2)cc1OCC(=O)Nc1c(C)cc(C)cc1C. The van der Waals surface area contributed by atoms with Gasteiger partial charge < -0.3 is 14.8 Å². The molecule has 2 aromatic heterocycles. The highest BCUT2D eigenvalue weighted by Gasteiger charge is 2.13. The molecule has 8 heteroatoms. The van der Waals surface area contributed by atoms with Crippen molar-refractivity contribution in [1.82, 2.24) is 9.97 Å². The van der Waals surface area contributed by atoms with Gasteiger partial charge in [0, 0.05) is 28.6 Å². The monoisotopic (exact) mass is 443 g/mol. The minimum absolute atomic E-state index is 0.120. The molecule has 0 unspecified atom stereocenters. The molecule has 0 bridgehead atoms. The Morgan fingerprint density at radius 2 is 1.87 bits per heavy atom. The number of rotatable bonds is 8. The highest BCUT2D eigenvalue weighted by molar-refractivity contribution is 8.00. The van der Waals surface area contributed by atoms with Crippen LogP contribution in [0.15, 0.2) is 34.1 Å². The summed E-state index contributed by atoms with van der Waals surface area (Å²) in [5.41, 5.74) is 5.89. The van der Waals surface area contributed by atoms with E-state index >= 15 is 0 Å². The summed E-state index contributed by atoms with van der Waals surface area (Å²) >= 11 is 3.23. The lowest BCUT2D eigenvalue weighted by molar-refractivity contribution is -0.118. The number of thioether (sulfide) groups is 1. The maximum absolute atomic E-state index is 12.5. The Morgan fingerprint density at radius 3 is 2.50 bits per heavy atom. The van der Waals surface area contributed by atoms with Crippen LogP contribution >= 0.6 is 23.1 Å².